The molecule has 2 heteroatoms. The van der Waals surface area contributed by atoms with Crippen molar-refractivity contribution in [3.8, 4) is 0 Å². The first kappa shape index (κ1) is 17.0. The number of hydrogen-bond acceptors (Lipinski definition) is 2. The van der Waals surface area contributed by atoms with Crippen molar-refractivity contribution in [2.75, 3.05) is 0 Å². The quantitative estimate of drug-likeness (QED) is 0.466. The number of carbonyl (C=O) groups is 1. The van der Waals surface area contributed by atoms with E-state index in [-0.39, 0.29) is 11.6 Å². The van der Waals surface area contributed by atoms with E-state index in [4.69, 9.17) is 4.74 Å². The monoisotopic (exact) mass is 318 g/mol. The predicted octanol–water partition coefficient (Wildman–Crippen LogP) is 5.37. The summed E-state index contributed by atoms with van der Waals surface area (Å²) < 4.78 is 6.23. The molecule has 0 aromatic heterocycles. The van der Waals surface area contributed by atoms with Crippen LogP contribution in [0, 0.1) is 35.5 Å². The molecule has 0 aromatic carbocycles. The van der Waals surface area contributed by atoms with E-state index < -0.39 is 0 Å². The van der Waals surface area contributed by atoms with Crippen LogP contribution in [0.3, 0.4) is 0 Å². The minimum Gasteiger partial charge on any atom is -0.455 e. The summed E-state index contributed by atoms with van der Waals surface area (Å²) in [7, 11) is 0. The molecule has 4 saturated carbocycles. The van der Waals surface area contributed by atoms with Gasteiger partial charge in [0.05, 0.1) is 0 Å². The van der Waals surface area contributed by atoms with Gasteiger partial charge in [0, 0.05) is 6.08 Å². The van der Waals surface area contributed by atoms with Crippen LogP contribution in [-0.2, 0) is 9.53 Å². The number of ether oxygens (including phenoxy) is 1. The molecule has 2 nitrogen and oxygen atoms in total. The van der Waals surface area contributed by atoms with Crippen LogP contribution in [0.15, 0.2) is 12.7 Å². The van der Waals surface area contributed by atoms with Crippen molar-refractivity contribution in [2.45, 2.75) is 77.7 Å². The predicted molar refractivity (Wildman–Crippen MR) is 93.9 cm³/mol. The maximum absolute atomic E-state index is 12.2. The van der Waals surface area contributed by atoms with Crippen LogP contribution in [0.25, 0.3) is 0 Å². The van der Waals surface area contributed by atoms with Crippen molar-refractivity contribution in [3.05, 3.63) is 12.7 Å². The maximum atomic E-state index is 12.2. The molecule has 4 aliphatic carbocycles. The van der Waals surface area contributed by atoms with E-state index in [2.05, 4.69) is 27.4 Å². The molecule has 0 aliphatic heterocycles. The van der Waals surface area contributed by atoms with Gasteiger partial charge in [-0.25, -0.2) is 4.79 Å². The summed E-state index contributed by atoms with van der Waals surface area (Å²) in [5.41, 5.74) is -0.202. The fourth-order valence-corrected chi connectivity index (χ4v) is 6.17. The Balaban J connectivity index is 1.82. The second-order valence-electron chi connectivity index (χ2n) is 8.78. The van der Waals surface area contributed by atoms with Gasteiger partial charge in [0.2, 0.25) is 0 Å². The Morgan fingerprint density at radius 1 is 1.13 bits per heavy atom. The molecule has 23 heavy (non-hydrogen) atoms. The van der Waals surface area contributed by atoms with Gasteiger partial charge in [-0.15, -0.1) is 0 Å². The van der Waals surface area contributed by atoms with Gasteiger partial charge in [0.15, 0.2) is 0 Å². The molecule has 4 rings (SSSR count). The van der Waals surface area contributed by atoms with Gasteiger partial charge < -0.3 is 4.74 Å². The van der Waals surface area contributed by atoms with Crippen LogP contribution in [0.1, 0.15) is 72.1 Å². The fraction of sp³-hybridized carbons (Fsp3) is 0.857. The van der Waals surface area contributed by atoms with Crippen LogP contribution >= 0.6 is 0 Å². The minimum absolute atomic E-state index is 0.201. The topological polar surface area (TPSA) is 26.3 Å². The normalized spacial score (nSPS) is 40.7. The molecule has 2 atom stereocenters. The molecule has 0 amide bonds. The van der Waals surface area contributed by atoms with Gasteiger partial charge in [-0.05, 0) is 74.0 Å². The maximum Gasteiger partial charge on any atom is 0.330 e. The average molecular weight is 319 g/mol. The number of rotatable bonds is 7. The van der Waals surface area contributed by atoms with E-state index in [1.54, 1.807) is 0 Å². The molecule has 4 bridgehead atoms. The second-order valence-corrected chi connectivity index (χ2v) is 8.78. The largest absolute Gasteiger partial charge is 0.455 e. The zero-order valence-corrected chi connectivity index (χ0v) is 15.2. The highest BCUT2D eigenvalue weighted by Crippen LogP contribution is 2.62. The summed E-state index contributed by atoms with van der Waals surface area (Å²) in [6.45, 7) is 10.6. The summed E-state index contributed by atoms with van der Waals surface area (Å²) in [5.74, 6) is 4.01. The summed E-state index contributed by atoms with van der Waals surface area (Å²) in [4.78, 5) is 12.2. The van der Waals surface area contributed by atoms with Gasteiger partial charge in [-0.3, -0.25) is 0 Å². The SMILES string of the molecule is C=CC(=O)OC1(C(C)CCC(C)CC)C2CC3CC(C2)CC1C3. The van der Waals surface area contributed by atoms with Crippen molar-refractivity contribution >= 4 is 5.97 Å². The van der Waals surface area contributed by atoms with E-state index in [1.165, 1.54) is 57.4 Å². The van der Waals surface area contributed by atoms with Gasteiger partial charge in [0.25, 0.3) is 0 Å². The summed E-state index contributed by atoms with van der Waals surface area (Å²) in [5, 5.41) is 0. The van der Waals surface area contributed by atoms with Crippen molar-refractivity contribution in [2.24, 2.45) is 35.5 Å². The molecular weight excluding hydrogens is 284 g/mol. The second kappa shape index (κ2) is 6.61. The number of hydrogen-bond donors (Lipinski definition) is 0. The molecule has 0 spiro atoms. The van der Waals surface area contributed by atoms with Gasteiger partial charge in [0.1, 0.15) is 5.60 Å². The third-order valence-electron chi connectivity index (χ3n) is 7.42. The first-order valence-electron chi connectivity index (χ1n) is 9.84. The highest BCUT2D eigenvalue weighted by molar-refractivity contribution is 5.81. The van der Waals surface area contributed by atoms with Gasteiger partial charge >= 0.3 is 5.97 Å². The highest BCUT2D eigenvalue weighted by Gasteiger charge is 2.61. The molecule has 0 saturated heterocycles. The molecule has 4 aliphatic rings. The summed E-state index contributed by atoms with van der Waals surface area (Å²) in [6, 6.07) is 0. The molecule has 0 heterocycles. The Bertz CT molecular complexity index is 425. The van der Waals surface area contributed by atoms with E-state index in [1.807, 2.05) is 0 Å². The molecule has 0 radical (unpaired) electrons. The Morgan fingerprint density at radius 2 is 1.70 bits per heavy atom. The molecule has 4 fully saturated rings. The van der Waals surface area contributed by atoms with Gasteiger partial charge in [-0.1, -0.05) is 40.2 Å². The van der Waals surface area contributed by atoms with Crippen LogP contribution in [0.2, 0.25) is 0 Å². The van der Waals surface area contributed by atoms with Crippen LogP contribution < -0.4 is 0 Å². The van der Waals surface area contributed by atoms with Crippen LogP contribution in [0.4, 0.5) is 0 Å². The van der Waals surface area contributed by atoms with Crippen molar-refractivity contribution in [1.29, 1.82) is 0 Å². The van der Waals surface area contributed by atoms with Crippen LogP contribution in [-0.4, -0.2) is 11.6 Å². The Labute approximate surface area is 142 Å². The van der Waals surface area contributed by atoms with Crippen molar-refractivity contribution in [1.82, 2.24) is 0 Å². The van der Waals surface area contributed by atoms with Crippen molar-refractivity contribution in [3.63, 3.8) is 0 Å². The molecule has 130 valence electrons. The van der Waals surface area contributed by atoms with E-state index in [0.717, 1.165) is 17.8 Å². The third-order valence-corrected chi connectivity index (χ3v) is 7.42. The molecule has 2 unspecified atom stereocenters. The first-order chi connectivity index (χ1) is 11.0. The standard InChI is InChI=1S/C21H34O2/c1-5-14(3)7-8-15(4)21(23-20(22)6-2)18-10-16-9-17(12-18)13-19(21)11-16/h6,14-19H,2,5,7-13H2,1,3-4H3. The van der Waals surface area contributed by atoms with Crippen LogP contribution in [0.5, 0.6) is 0 Å². The van der Waals surface area contributed by atoms with Crippen molar-refractivity contribution < 1.29 is 9.53 Å². The number of carbonyl (C=O) groups excluding carboxylic acids is 1. The third kappa shape index (κ3) is 2.98. The smallest absolute Gasteiger partial charge is 0.330 e. The summed E-state index contributed by atoms with van der Waals surface area (Å²) in [6.07, 6.45) is 11.6. The lowest BCUT2D eigenvalue weighted by Crippen LogP contribution is -2.62. The van der Waals surface area contributed by atoms with Gasteiger partial charge in [-0.2, -0.15) is 0 Å². The first-order valence-corrected chi connectivity index (χ1v) is 9.84. The molecular formula is C21H34O2. The highest BCUT2D eigenvalue weighted by atomic mass is 16.6. The Morgan fingerprint density at radius 3 is 2.17 bits per heavy atom. The van der Waals surface area contributed by atoms with E-state index in [9.17, 15) is 4.79 Å². The average Bonchev–Trinajstić information content (AvgIpc) is 2.54. The zero-order valence-electron chi connectivity index (χ0n) is 15.2. The minimum atomic E-state index is -0.202. The number of esters is 1. The van der Waals surface area contributed by atoms with E-state index in [0.29, 0.717) is 17.8 Å². The lowest BCUT2D eigenvalue weighted by molar-refractivity contribution is -0.224. The fourth-order valence-electron chi connectivity index (χ4n) is 6.17. The lowest BCUT2D eigenvalue weighted by atomic mass is 9.47. The Kier molecular flexibility index (Phi) is 4.90. The zero-order chi connectivity index (χ0) is 16.6. The molecule has 0 aromatic rings. The Hall–Kier alpha value is -0.790. The lowest BCUT2D eigenvalue weighted by Gasteiger charge is -2.62. The van der Waals surface area contributed by atoms with E-state index >= 15 is 0 Å². The summed E-state index contributed by atoms with van der Waals surface area (Å²) >= 11 is 0. The molecule has 0 N–H and O–H groups in total.